The molecule has 0 fully saturated rings. The van der Waals surface area contributed by atoms with Gasteiger partial charge in [-0.05, 0) is 54.7 Å². The normalized spacial score (nSPS) is 10.5. The molecule has 4 heteroatoms. The minimum Gasteiger partial charge on any atom is -0.489 e. The topological polar surface area (TPSA) is 35.5 Å². The van der Waals surface area contributed by atoms with Crippen molar-refractivity contribution in [2.75, 3.05) is 7.11 Å². The summed E-state index contributed by atoms with van der Waals surface area (Å²) in [5.41, 5.74) is 4.42. The van der Waals surface area contributed by atoms with Gasteiger partial charge in [0.15, 0.2) is 0 Å². The van der Waals surface area contributed by atoms with E-state index in [-0.39, 0.29) is 18.8 Å². The molecule has 0 aromatic heterocycles. The van der Waals surface area contributed by atoms with Gasteiger partial charge in [-0.25, -0.2) is 4.39 Å². The van der Waals surface area contributed by atoms with Crippen LogP contribution in [0.4, 0.5) is 4.39 Å². The fraction of sp³-hybridized carbons (Fsp3) is 0.350. The van der Waals surface area contributed by atoms with Crippen LogP contribution in [-0.2, 0) is 29.0 Å². The Hall–Kier alpha value is -2.36. The summed E-state index contributed by atoms with van der Waals surface area (Å²) < 4.78 is 24.7. The van der Waals surface area contributed by atoms with Gasteiger partial charge in [0.2, 0.25) is 0 Å². The van der Waals surface area contributed by atoms with E-state index in [1.165, 1.54) is 18.7 Å². The van der Waals surface area contributed by atoms with E-state index in [4.69, 9.17) is 4.74 Å². The largest absolute Gasteiger partial charge is 0.489 e. The number of hydrogen-bond acceptors (Lipinski definition) is 3. The Morgan fingerprint density at radius 1 is 1.12 bits per heavy atom. The first-order valence-corrected chi connectivity index (χ1v) is 8.02. The van der Waals surface area contributed by atoms with Crippen LogP contribution in [0.1, 0.15) is 34.7 Å². The summed E-state index contributed by atoms with van der Waals surface area (Å²) in [7, 11) is 1.32. The van der Waals surface area contributed by atoms with Gasteiger partial charge in [-0.3, -0.25) is 4.79 Å². The number of rotatable bonds is 6. The monoisotopic (exact) mass is 330 g/mol. The lowest BCUT2D eigenvalue weighted by Crippen LogP contribution is -2.10. The van der Waals surface area contributed by atoms with E-state index >= 15 is 0 Å². The Morgan fingerprint density at radius 3 is 2.54 bits per heavy atom. The standard InChI is InChI=1S/C20H23FO3/c1-5-15-9-14(3)19(10-13(15)2)24-12-17-16(11-20(22)23-4)7-6-8-18(17)21/h6-10H,5,11-12H2,1-4H3. The van der Waals surface area contributed by atoms with Gasteiger partial charge in [0.05, 0.1) is 13.5 Å². The molecule has 24 heavy (non-hydrogen) atoms. The van der Waals surface area contributed by atoms with Gasteiger partial charge in [0.1, 0.15) is 18.2 Å². The van der Waals surface area contributed by atoms with Crippen molar-refractivity contribution in [2.45, 2.75) is 40.2 Å². The zero-order valence-electron chi connectivity index (χ0n) is 14.6. The molecule has 0 heterocycles. The van der Waals surface area contributed by atoms with Gasteiger partial charge in [0.25, 0.3) is 0 Å². The molecule has 2 aromatic rings. The van der Waals surface area contributed by atoms with Crippen molar-refractivity contribution in [1.82, 2.24) is 0 Å². The summed E-state index contributed by atoms with van der Waals surface area (Å²) in [5.74, 6) is -0.0471. The zero-order chi connectivity index (χ0) is 17.7. The Bertz CT molecular complexity index is 738. The lowest BCUT2D eigenvalue weighted by atomic mass is 10.0. The molecule has 128 valence electrons. The predicted octanol–water partition coefficient (Wildman–Crippen LogP) is 4.30. The van der Waals surface area contributed by atoms with Crippen LogP contribution < -0.4 is 4.74 Å². The first-order chi connectivity index (χ1) is 11.5. The highest BCUT2D eigenvalue weighted by molar-refractivity contribution is 5.72. The highest BCUT2D eigenvalue weighted by Gasteiger charge is 2.14. The van der Waals surface area contributed by atoms with Crippen LogP contribution in [0, 0.1) is 19.7 Å². The molecule has 0 saturated heterocycles. The highest BCUT2D eigenvalue weighted by Crippen LogP contribution is 2.25. The summed E-state index contributed by atoms with van der Waals surface area (Å²) in [6.07, 6.45) is 0.989. The molecule has 0 aliphatic heterocycles. The summed E-state index contributed by atoms with van der Waals surface area (Å²) in [4.78, 5) is 11.5. The van der Waals surface area contributed by atoms with E-state index < -0.39 is 5.97 Å². The van der Waals surface area contributed by atoms with Crippen LogP contribution in [0.2, 0.25) is 0 Å². The number of benzene rings is 2. The molecule has 0 bridgehead atoms. The highest BCUT2D eigenvalue weighted by atomic mass is 19.1. The molecule has 2 rings (SSSR count). The molecule has 0 saturated carbocycles. The number of methoxy groups -OCH3 is 1. The van der Waals surface area contributed by atoms with Crippen molar-refractivity contribution in [1.29, 1.82) is 0 Å². The number of ether oxygens (including phenoxy) is 2. The third-order valence-corrected chi connectivity index (χ3v) is 4.16. The fourth-order valence-corrected chi connectivity index (χ4v) is 2.69. The van der Waals surface area contributed by atoms with Crippen LogP contribution in [0.3, 0.4) is 0 Å². The van der Waals surface area contributed by atoms with E-state index in [0.717, 1.165) is 23.3 Å². The van der Waals surface area contributed by atoms with Gasteiger partial charge in [0, 0.05) is 5.56 Å². The van der Waals surface area contributed by atoms with Crippen molar-refractivity contribution < 1.29 is 18.7 Å². The smallest absolute Gasteiger partial charge is 0.309 e. The van der Waals surface area contributed by atoms with Crippen LogP contribution in [0.5, 0.6) is 5.75 Å². The van der Waals surface area contributed by atoms with Gasteiger partial charge >= 0.3 is 5.97 Å². The van der Waals surface area contributed by atoms with E-state index in [2.05, 4.69) is 17.7 Å². The molecule has 3 nitrogen and oxygen atoms in total. The lowest BCUT2D eigenvalue weighted by molar-refractivity contribution is -0.139. The quantitative estimate of drug-likeness (QED) is 0.741. The molecular formula is C20H23FO3. The predicted molar refractivity (Wildman–Crippen MR) is 91.7 cm³/mol. The van der Waals surface area contributed by atoms with Crippen LogP contribution >= 0.6 is 0 Å². The molecule has 0 amide bonds. The van der Waals surface area contributed by atoms with Crippen molar-refractivity contribution in [3.63, 3.8) is 0 Å². The van der Waals surface area contributed by atoms with Gasteiger partial charge in [-0.15, -0.1) is 0 Å². The Kier molecular flexibility index (Phi) is 5.96. The van der Waals surface area contributed by atoms with E-state index in [1.54, 1.807) is 12.1 Å². The third-order valence-electron chi connectivity index (χ3n) is 4.16. The number of esters is 1. The van der Waals surface area contributed by atoms with Gasteiger partial charge in [-0.1, -0.05) is 25.1 Å². The number of aryl methyl sites for hydroxylation is 3. The lowest BCUT2D eigenvalue weighted by Gasteiger charge is -2.15. The summed E-state index contributed by atoms with van der Waals surface area (Å²) in [6, 6.07) is 8.76. The molecule has 0 atom stereocenters. The molecular weight excluding hydrogens is 307 g/mol. The fourth-order valence-electron chi connectivity index (χ4n) is 2.69. The maximum atomic E-state index is 14.2. The van der Waals surface area contributed by atoms with Crippen molar-refractivity contribution in [3.05, 3.63) is 64.0 Å². The second-order valence-corrected chi connectivity index (χ2v) is 5.82. The maximum absolute atomic E-state index is 14.2. The minimum absolute atomic E-state index is 0.0275. The van der Waals surface area contributed by atoms with E-state index in [9.17, 15) is 9.18 Å². The molecule has 0 aliphatic rings. The van der Waals surface area contributed by atoms with Crippen LogP contribution in [0.15, 0.2) is 30.3 Å². The van der Waals surface area contributed by atoms with Gasteiger partial charge < -0.3 is 9.47 Å². The number of halogens is 1. The Morgan fingerprint density at radius 2 is 1.88 bits per heavy atom. The SMILES string of the molecule is CCc1cc(C)c(OCc2c(F)cccc2CC(=O)OC)cc1C. The molecule has 0 N–H and O–H groups in total. The summed E-state index contributed by atoms with van der Waals surface area (Å²) in [6.45, 7) is 6.20. The molecule has 2 aromatic carbocycles. The summed E-state index contributed by atoms with van der Waals surface area (Å²) >= 11 is 0. The first kappa shape index (κ1) is 18.0. The van der Waals surface area contributed by atoms with E-state index in [1.807, 2.05) is 19.9 Å². The number of hydrogen-bond donors (Lipinski definition) is 0. The second kappa shape index (κ2) is 7.95. The zero-order valence-corrected chi connectivity index (χ0v) is 14.6. The second-order valence-electron chi connectivity index (χ2n) is 5.82. The number of carbonyl (C=O) groups excluding carboxylic acids is 1. The Balaban J connectivity index is 2.23. The van der Waals surface area contributed by atoms with Crippen molar-refractivity contribution in [2.24, 2.45) is 0 Å². The van der Waals surface area contributed by atoms with Crippen LogP contribution in [-0.4, -0.2) is 13.1 Å². The maximum Gasteiger partial charge on any atom is 0.309 e. The molecule has 0 radical (unpaired) electrons. The average Bonchev–Trinajstić information content (AvgIpc) is 2.56. The third kappa shape index (κ3) is 4.13. The Labute approximate surface area is 142 Å². The number of carbonyl (C=O) groups is 1. The average molecular weight is 330 g/mol. The molecule has 0 unspecified atom stereocenters. The van der Waals surface area contributed by atoms with Crippen molar-refractivity contribution >= 4 is 5.97 Å². The van der Waals surface area contributed by atoms with E-state index in [0.29, 0.717) is 11.1 Å². The van der Waals surface area contributed by atoms with Crippen molar-refractivity contribution in [3.8, 4) is 5.75 Å². The molecule has 0 aliphatic carbocycles. The van der Waals surface area contributed by atoms with Gasteiger partial charge in [-0.2, -0.15) is 0 Å². The summed E-state index contributed by atoms with van der Waals surface area (Å²) in [5, 5.41) is 0. The van der Waals surface area contributed by atoms with Crippen LogP contribution in [0.25, 0.3) is 0 Å². The first-order valence-electron chi connectivity index (χ1n) is 8.02. The molecule has 0 spiro atoms. The minimum atomic E-state index is -0.402.